The summed E-state index contributed by atoms with van der Waals surface area (Å²) in [6.45, 7) is 0.249. The molecule has 1 aliphatic rings. The molecule has 0 aromatic heterocycles. The molecule has 2 atom stereocenters. The summed E-state index contributed by atoms with van der Waals surface area (Å²) in [5, 5.41) is 17.7. The number of hydrogen-bond acceptors (Lipinski definition) is 2. The van der Waals surface area contributed by atoms with Crippen molar-refractivity contribution in [3.8, 4) is 0 Å². The van der Waals surface area contributed by atoms with Crippen LogP contribution in [0.25, 0.3) is 0 Å². The second-order valence-corrected chi connectivity index (χ2v) is 4.38. The standard InChI is InChI=1S/C12H21O3/c13-9-5-1-2-6-10-7-3-4-8-11(10)12(14)15/h3,10-11,13H,1-2,4-9H2,(H,14,15). The Balaban J connectivity index is 2.26. The van der Waals surface area contributed by atoms with Crippen LogP contribution in [0.4, 0.5) is 0 Å². The van der Waals surface area contributed by atoms with Crippen molar-refractivity contribution < 1.29 is 15.0 Å². The van der Waals surface area contributed by atoms with Crippen LogP contribution in [0.1, 0.15) is 44.9 Å². The summed E-state index contributed by atoms with van der Waals surface area (Å²) in [5.41, 5.74) is 0. The van der Waals surface area contributed by atoms with Gasteiger partial charge in [0.25, 0.3) is 0 Å². The van der Waals surface area contributed by atoms with Gasteiger partial charge in [-0.25, -0.2) is 0 Å². The maximum Gasteiger partial charge on any atom is 0.306 e. The molecule has 0 saturated heterocycles. The first-order valence-electron chi connectivity index (χ1n) is 5.91. The molecule has 15 heavy (non-hydrogen) atoms. The third-order valence-electron chi connectivity index (χ3n) is 3.27. The van der Waals surface area contributed by atoms with Gasteiger partial charge in [0.2, 0.25) is 0 Å². The SMILES string of the molecule is O=C(O)C1CC[CH]CC1CCCCCO. The van der Waals surface area contributed by atoms with Gasteiger partial charge in [-0.05, 0) is 44.4 Å². The molecule has 87 valence electrons. The third kappa shape index (κ3) is 4.20. The van der Waals surface area contributed by atoms with Crippen LogP contribution in [0.15, 0.2) is 0 Å². The highest BCUT2D eigenvalue weighted by Gasteiger charge is 2.29. The zero-order valence-corrected chi connectivity index (χ0v) is 9.19. The van der Waals surface area contributed by atoms with Crippen LogP contribution in [0.5, 0.6) is 0 Å². The van der Waals surface area contributed by atoms with E-state index < -0.39 is 5.97 Å². The Hall–Kier alpha value is -0.570. The van der Waals surface area contributed by atoms with Crippen molar-refractivity contribution >= 4 is 5.97 Å². The lowest BCUT2D eigenvalue weighted by Crippen LogP contribution is -2.27. The highest BCUT2D eigenvalue weighted by Crippen LogP contribution is 2.33. The maximum absolute atomic E-state index is 11.0. The fourth-order valence-corrected chi connectivity index (χ4v) is 2.37. The molecule has 0 aliphatic heterocycles. The molecule has 3 nitrogen and oxygen atoms in total. The minimum Gasteiger partial charge on any atom is -0.481 e. The summed E-state index contributed by atoms with van der Waals surface area (Å²) in [5.74, 6) is -0.436. The Morgan fingerprint density at radius 3 is 2.80 bits per heavy atom. The second kappa shape index (κ2) is 6.83. The number of aliphatic hydroxyl groups excluding tert-OH is 1. The smallest absolute Gasteiger partial charge is 0.306 e. The van der Waals surface area contributed by atoms with E-state index in [9.17, 15) is 4.79 Å². The number of unbranched alkanes of at least 4 members (excludes halogenated alkanes) is 2. The monoisotopic (exact) mass is 213 g/mol. The fraction of sp³-hybridized carbons (Fsp3) is 0.833. The molecule has 1 fully saturated rings. The van der Waals surface area contributed by atoms with Crippen LogP contribution >= 0.6 is 0 Å². The molecule has 0 spiro atoms. The largest absolute Gasteiger partial charge is 0.481 e. The van der Waals surface area contributed by atoms with E-state index in [2.05, 4.69) is 6.42 Å². The van der Waals surface area contributed by atoms with Crippen LogP contribution in [-0.4, -0.2) is 22.8 Å². The van der Waals surface area contributed by atoms with Gasteiger partial charge in [-0.2, -0.15) is 0 Å². The summed E-state index contributed by atoms with van der Waals surface area (Å²) >= 11 is 0. The van der Waals surface area contributed by atoms with Crippen molar-refractivity contribution in [1.29, 1.82) is 0 Å². The van der Waals surface area contributed by atoms with Crippen LogP contribution in [-0.2, 0) is 4.79 Å². The first kappa shape index (κ1) is 12.5. The summed E-state index contributed by atoms with van der Waals surface area (Å²) < 4.78 is 0. The van der Waals surface area contributed by atoms with E-state index in [-0.39, 0.29) is 12.5 Å². The van der Waals surface area contributed by atoms with Crippen LogP contribution in [0.3, 0.4) is 0 Å². The lowest BCUT2D eigenvalue weighted by atomic mass is 9.77. The fourth-order valence-electron chi connectivity index (χ4n) is 2.37. The van der Waals surface area contributed by atoms with Crippen molar-refractivity contribution in [3.63, 3.8) is 0 Å². The number of aliphatic carboxylic acids is 1. The highest BCUT2D eigenvalue weighted by molar-refractivity contribution is 5.70. The van der Waals surface area contributed by atoms with E-state index in [0.717, 1.165) is 44.9 Å². The maximum atomic E-state index is 11.0. The summed E-state index contributed by atoms with van der Waals surface area (Å²) in [7, 11) is 0. The third-order valence-corrected chi connectivity index (χ3v) is 3.27. The van der Waals surface area contributed by atoms with Gasteiger partial charge in [0.15, 0.2) is 0 Å². The van der Waals surface area contributed by atoms with Gasteiger partial charge in [0, 0.05) is 6.61 Å². The van der Waals surface area contributed by atoms with E-state index in [1.54, 1.807) is 0 Å². The average Bonchev–Trinajstić information content (AvgIpc) is 2.25. The van der Waals surface area contributed by atoms with Crippen molar-refractivity contribution in [2.75, 3.05) is 6.61 Å². The molecule has 0 amide bonds. The van der Waals surface area contributed by atoms with Gasteiger partial charge >= 0.3 is 5.97 Å². The van der Waals surface area contributed by atoms with Gasteiger partial charge in [-0.15, -0.1) is 0 Å². The van der Waals surface area contributed by atoms with Crippen molar-refractivity contribution in [2.45, 2.75) is 44.9 Å². The number of aliphatic hydroxyl groups is 1. The number of carboxylic acids is 1. The van der Waals surface area contributed by atoms with Gasteiger partial charge in [0.05, 0.1) is 5.92 Å². The first-order valence-corrected chi connectivity index (χ1v) is 5.91. The molecule has 0 aromatic rings. The number of carbonyl (C=O) groups is 1. The molecule has 1 aliphatic carbocycles. The van der Waals surface area contributed by atoms with E-state index in [4.69, 9.17) is 10.2 Å². The number of rotatable bonds is 6. The lowest BCUT2D eigenvalue weighted by Gasteiger charge is -2.28. The van der Waals surface area contributed by atoms with Crippen LogP contribution in [0, 0.1) is 18.3 Å². The number of carboxylic acid groups (broad SMARTS) is 1. The Bertz CT molecular complexity index is 191. The van der Waals surface area contributed by atoms with E-state index in [1.165, 1.54) is 0 Å². The first-order chi connectivity index (χ1) is 7.25. The Morgan fingerprint density at radius 2 is 2.13 bits per heavy atom. The molecular formula is C12H21O3. The van der Waals surface area contributed by atoms with Crippen LogP contribution < -0.4 is 0 Å². The average molecular weight is 213 g/mol. The normalized spacial score (nSPS) is 26.5. The quantitative estimate of drug-likeness (QED) is 0.665. The zero-order valence-electron chi connectivity index (χ0n) is 9.19. The summed E-state index contributed by atoms with van der Waals surface area (Å²) in [6.07, 6.45) is 8.82. The van der Waals surface area contributed by atoms with Gasteiger partial charge in [0.1, 0.15) is 0 Å². The van der Waals surface area contributed by atoms with Gasteiger partial charge in [-0.1, -0.05) is 12.8 Å². The zero-order chi connectivity index (χ0) is 11.1. The van der Waals surface area contributed by atoms with Crippen molar-refractivity contribution in [1.82, 2.24) is 0 Å². The predicted molar refractivity (Wildman–Crippen MR) is 58.3 cm³/mol. The lowest BCUT2D eigenvalue weighted by molar-refractivity contribution is -0.144. The molecule has 0 heterocycles. The molecule has 3 heteroatoms. The van der Waals surface area contributed by atoms with Crippen LogP contribution in [0.2, 0.25) is 0 Å². The minimum atomic E-state index is -0.629. The Kier molecular flexibility index (Phi) is 5.69. The van der Waals surface area contributed by atoms with E-state index in [1.807, 2.05) is 0 Å². The van der Waals surface area contributed by atoms with Gasteiger partial charge < -0.3 is 10.2 Å². The van der Waals surface area contributed by atoms with Gasteiger partial charge in [-0.3, -0.25) is 4.79 Å². The topological polar surface area (TPSA) is 57.5 Å². The van der Waals surface area contributed by atoms with E-state index >= 15 is 0 Å². The molecule has 2 N–H and O–H groups in total. The number of hydrogen-bond donors (Lipinski definition) is 2. The molecule has 1 radical (unpaired) electrons. The second-order valence-electron chi connectivity index (χ2n) is 4.38. The summed E-state index contributed by atoms with van der Waals surface area (Å²) in [4.78, 5) is 11.0. The Labute approximate surface area is 91.5 Å². The molecule has 1 rings (SSSR count). The Morgan fingerprint density at radius 1 is 1.33 bits per heavy atom. The van der Waals surface area contributed by atoms with Crippen molar-refractivity contribution in [3.05, 3.63) is 6.42 Å². The molecule has 0 bridgehead atoms. The molecule has 0 aromatic carbocycles. The molecule has 2 unspecified atom stereocenters. The summed E-state index contributed by atoms with van der Waals surface area (Å²) in [6, 6.07) is 0. The minimum absolute atomic E-state index is 0.135. The van der Waals surface area contributed by atoms with E-state index in [0.29, 0.717) is 5.92 Å². The van der Waals surface area contributed by atoms with Crippen molar-refractivity contribution in [2.24, 2.45) is 11.8 Å². The molecular weight excluding hydrogens is 192 g/mol. The highest BCUT2D eigenvalue weighted by atomic mass is 16.4. The predicted octanol–water partition coefficient (Wildman–Crippen LogP) is 2.24. The molecule has 1 saturated carbocycles.